The Morgan fingerprint density at radius 1 is 1.42 bits per heavy atom. The molecule has 0 saturated heterocycles. The molecule has 1 aliphatic carbocycles. The van der Waals surface area contributed by atoms with Gasteiger partial charge in [-0.05, 0) is 12.8 Å². The highest BCUT2D eigenvalue weighted by molar-refractivity contribution is 5.32. The summed E-state index contributed by atoms with van der Waals surface area (Å²) >= 11 is 0. The van der Waals surface area contributed by atoms with Crippen molar-refractivity contribution in [3.8, 4) is 0 Å². The SMILES string of the molecule is OC1CCC1Nc1cnccn1. The third-order valence-corrected chi connectivity index (χ3v) is 2.13. The molecule has 1 aromatic rings. The molecular formula is C8H11N3O. The molecule has 1 saturated carbocycles. The van der Waals surface area contributed by atoms with Crippen molar-refractivity contribution in [2.75, 3.05) is 5.32 Å². The summed E-state index contributed by atoms with van der Waals surface area (Å²) in [6, 6.07) is 0.168. The van der Waals surface area contributed by atoms with Crippen LogP contribution in [-0.4, -0.2) is 27.2 Å². The minimum absolute atomic E-state index is 0.168. The standard InChI is InChI=1S/C8H11N3O/c12-7-2-1-6(7)11-8-5-9-3-4-10-8/h3-7,12H,1-2H2,(H,10,11). The number of nitrogens with zero attached hydrogens (tertiary/aromatic N) is 2. The molecule has 1 heterocycles. The molecule has 0 aliphatic heterocycles. The molecule has 4 heteroatoms. The van der Waals surface area contributed by atoms with Crippen LogP contribution >= 0.6 is 0 Å². The molecule has 2 atom stereocenters. The topological polar surface area (TPSA) is 58.0 Å². The molecule has 0 amide bonds. The fraction of sp³-hybridized carbons (Fsp3) is 0.500. The van der Waals surface area contributed by atoms with E-state index >= 15 is 0 Å². The fourth-order valence-electron chi connectivity index (χ4n) is 1.21. The zero-order chi connectivity index (χ0) is 8.39. The van der Waals surface area contributed by atoms with Gasteiger partial charge in [0.15, 0.2) is 0 Å². The number of aromatic nitrogens is 2. The van der Waals surface area contributed by atoms with Gasteiger partial charge in [-0.15, -0.1) is 0 Å². The molecule has 2 unspecified atom stereocenters. The number of aliphatic hydroxyl groups excluding tert-OH is 1. The smallest absolute Gasteiger partial charge is 0.144 e. The third kappa shape index (κ3) is 1.38. The van der Waals surface area contributed by atoms with Crippen LogP contribution in [0.5, 0.6) is 0 Å². The molecular weight excluding hydrogens is 154 g/mol. The van der Waals surface area contributed by atoms with Crippen LogP contribution in [0.15, 0.2) is 18.6 Å². The average molecular weight is 165 g/mol. The van der Waals surface area contributed by atoms with Crippen molar-refractivity contribution in [1.82, 2.24) is 9.97 Å². The Hall–Kier alpha value is -1.16. The van der Waals surface area contributed by atoms with Crippen LogP contribution in [0.1, 0.15) is 12.8 Å². The summed E-state index contributed by atoms with van der Waals surface area (Å²) < 4.78 is 0. The largest absolute Gasteiger partial charge is 0.391 e. The van der Waals surface area contributed by atoms with Gasteiger partial charge in [0.25, 0.3) is 0 Å². The van der Waals surface area contributed by atoms with Crippen LogP contribution < -0.4 is 5.32 Å². The van der Waals surface area contributed by atoms with E-state index in [1.807, 2.05) is 0 Å². The second-order valence-corrected chi connectivity index (χ2v) is 2.99. The van der Waals surface area contributed by atoms with Gasteiger partial charge in [-0.3, -0.25) is 4.98 Å². The first-order chi connectivity index (χ1) is 5.86. The zero-order valence-electron chi connectivity index (χ0n) is 6.64. The summed E-state index contributed by atoms with van der Waals surface area (Å²) in [6.07, 6.45) is 6.60. The number of hydrogen-bond donors (Lipinski definition) is 2. The van der Waals surface area contributed by atoms with Crippen molar-refractivity contribution in [2.45, 2.75) is 25.0 Å². The van der Waals surface area contributed by atoms with Crippen molar-refractivity contribution in [1.29, 1.82) is 0 Å². The van der Waals surface area contributed by atoms with E-state index in [1.54, 1.807) is 18.6 Å². The number of rotatable bonds is 2. The number of nitrogens with one attached hydrogen (secondary N) is 1. The Balaban J connectivity index is 1.95. The first-order valence-electron chi connectivity index (χ1n) is 4.07. The van der Waals surface area contributed by atoms with Crippen molar-refractivity contribution in [3.63, 3.8) is 0 Å². The Morgan fingerprint density at radius 3 is 2.83 bits per heavy atom. The van der Waals surface area contributed by atoms with Gasteiger partial charge in [0, 0.05) is 12.4 Å². The lowest BCUT2D eigenvalue weighted by Gasteiger charge is -2.33. The highest BCUT2D eigenvalue weighted by atomic mass is 16.3. The third-order valence-electron chi connectivity index (χ3n) is 2.13. The van der Waals surface area contributed by atoms with Crippen LogP contribution in [0.25, 0.3) is 0 Å². The molecule has 0 aromatic carbocycles. The number of hydrogen-bond acceptors (Lipinski definition) is 4. The predicted octanol–water partition coefficient (Wildman–Crippen LogP) is 0.412. The monoisotopic (exact) mass is 165 g/mol. The van der Waals surface area contributed by atoms with Gasteiger partial charge in [0.2, 0.25) is 0 Å². The van der Waals surface area contributed by atoms with Crippen LogP contribution in [0, 0.1) is 0 Å². The first kappa shape index (κ1) is 7.49. The average Bonchev–Trinajstić information content (AvgIpc) is 2.14. The van der Waals surface area contributed by atoms with Gasteiger partial charge >= 0.3 is 0 Å². The molecule has 1 fully saturated rings. The summed E-state index contributed by atoms with van der Waals surface area (Å²) in [5, 5.41) is 12.4. The van der Waals surface area contributed by atoms with Crippen molar-refractivity contribution in [2.24, 2.45) is 0 Å². The second kappa shape index (κ2) is 3.06. The molecule has 0 spiro atoms. The molecule has 4 nitrogen and oxygen atoms in total. The fourth-order valence-corrected chi connectivity index (χ4v) is 1.21. The Bertz CT molecular complexity index is 252. The van der Waals surface area contributed by atoms with Crippen LogP contribution in [-0.2, 0) is 0 Å². The van der Waals surface area contributed by atoms with Gasteiger partial charge in [-0.2, -0.15) is 0 Å². The van der Waals surface area contributed by atoms with Crippen molar-refractivity contribution < 1.29 is 5.11 Å². The van der Waals surface area contributed by atoms with E-state index in [0.29, 0.717) is 0 Å². The molecule has 1 aromatic heterocycles. The van der Waals surface area contributed by atoms with Crippen LogP contribution in [0.4, 0.5) is 5.82 Å². The Kier molecular flexibility index (Phi) is 1.91. The van der Waals surface area contributed by atoms with E-state index in [0.717, 1.165) is 18.7 Å². The Labute approximate surface area is 70.7 Å². The maximum absolute atomic E-state index is 9.26. The quantitative estimate of drug-likeness (QED) is 0.666. The summed E-state index contributed by atoms with van der Waals surface area (Å²) in [7, 11) is 0. The van der Waals surface area contributed by atoms with Crippen LogP contribution in [0.2, 0.25) is 0 Å². The molecule has 0 radical (unpaired) electrons. The number of anilines is 1. The lowest BCUT2D eigenvalue weighted by Crippen LogP contribution is -2.42. The molecule has 0 bridgehead atoms. The summed E-state index contributed by atoms with van der Waals surface area (Å²) in [6.45, 7) is 0. The predicted molar refractivity (Wildman–Crippen MR) is 44.7 cm³/mol. The van der Waals surface area contributed by atoms with E-state index in [2.05, 4.69) is 15.3 Å². The van der Waals surface area contributed by atoms with Crippen LogP contribution in [0.3, 0.4) is 0 Å². The molecule has 2 rings (SSSR count). The van der Waals surface area contributed by atoms with Gasteiger partial charge < -0.3 is 10.4 Å². The van der Waals surface area contributed by atoms with Gasteiger partial charge in [-0.25, -0.2) is 4.98 Å². The van der Waals surface area contributed by atoms with Gasteiger partial charge in [0.05, 0.1) is 18.3 Å². The maximum atomic E-state index is 9.26. The maximum Gasteiger partial charge on any atom is 0.144 e. The first-order valence-corrected chi connectivity index (χ1v) is 4.07. The van der Waals surface area contributed by atoms with Crippen molar-refractivity contribution in [3.05, 3.63) is 18.6 Å². The van der Waals surface area contributed by atoms with Crippen molar-refractivity contribution >= 4 is 5.82 Å². The lowest BCUT2D eigenvalue weighted by atomic mass is 9.89. The molecule has 2 N–H and O–H groups in total. The molecule has 12 heavy (non-hydrogen) atoms. The van der Waals surface area contributed by atoms with Gasteiger partial charge in [0.1, 0.15) is 5.82 Å². The van der Waals surface area contributed by atoms with E-state index in [1.165, 1.54) is 0 Å². The van der Waals surface area contributed by atoms with E-state index in [9.17, 15) is 5.11 Å². The minimum atomic E-state index is -0.216. The summed E-state index contributed by atoms with van der Waals surface area (Å²) in [5.74, 6) is 0.737. The summed E-state index contributed by atoms with van der Waals surface area (Å²) in [5.41, 5.74) is 0. The Morgan fingerprint density at radius 2 is 2.33 bits per heavy atom. The lowest BCUT2D eigenvalue weighted by molar-refractivity contribution is 0.0784. The zero-order valence-corrected chi connectivity index (χ0v) is 6.64. The molecule has 64 valence electrons. The normalized spacial score (nSPS) is 27.8. The highest BCUT2D eigenvalue weighted by Crippen LogP contribution is 2.22. The summed E-state index contributed by atoms with van der Waals surface area (Å²) in [4.78, 5) is 7.96. The van der Waals surface area contributed by atoms with E-state index in [-0.39, 0.29) is 12.1 Å². The second-order valence-electron chi connectivity index (χ2n) is 2.99. The van der Waals surface area contributed by atoms with Gasteiger partial charge in [-0.1, -0.05) is 0 Å². The highest BCUT2D eigenvalue weighted by Gasteiger charge is 2.28. The van der Waals surface area contributed by atoms with E-state index < -0.39 is 0 Å². The minimum Gasteiger partial charge on any atom is -0.391 e. The van der Waals surface area contributed by atoms with E-state index in [4.69, 9.17) is 0 Å². The number of aliphatic hydroxyl groups is 1. The molecule has 1 aliphatic rings.